The molecule has 0 aliphatic carbocycles. The van der Waals surface area contributed by atoms with Crippen molar-refractivity contribution in [1.29, 1.82) is 0 Å². The van der Waals surface area contributed by atoms with Gasteiger partial charge in [0, 0.05) is 18.0 Å². The highest BCUT2D eigenvalue weighted by atomic mass is 35.5. The van der Waals surface area contributed by atoms with Crippen LogP contribution in [0.25, 0.3) is 10.9 Å². The Morgan fingerprint density at radius 3 is 3.00 bits per heavy atom. The molecule has 1 heterocycles. The van der Waals surface area contributed by atoms with E-state index in [0.717, 1.165) is 10.9 Å². The van der Waals surface area contributed by atoms with Gasteiger partial charge in [0.05, 0.1) is 11.7 Å². The van der Waals surface area contributed by atoms with E-state index in [2.05, 4.69) is 5.10 Å². The van der Waals surface area contributed by atoms with E-state index in [1.165, 1.54) is 0 Å². The minimum absolute atomic E-state index is 0.439. The predicted molar refractivity (Wildman–Crippen MR) is 50.9 cm³/mol. The summed E-state index contributed by atoms with van der Waals surface area (Å²) in [6.45, 7) is 0. The fraction of sp³-hybridized carbons (Fsp3) is 0.111. The van der Waals surface area contributed by atoms with Crippen molar-refractivity contribution in [3.05, 3.63) is 30.0 Å². The SMILES string of the molecule is Cn1ncc2cc(C(=O)Cl)ccc21. The molecule has 0 aliphatic heterocycles. The standard InChI is InChI=1S/C9H7ClN2O/c1-12-8-3-2-6(9(10)13)4-7(8)5-11-12/h2-5H,1H3. The summed E-state index contributed by atoms with van der Waals surface area (Å²) < 4.78 is 1.75. The Bertz CT molecular complexity index is 475. The number of aryl methyl sites for hydroxylation is 1. The minimum atomic E-state index is -0.439. The molecular weight excluding hydrogens is 188 g/mol. The zero-order valence-electron chi connectivity index (χ0n) is 6.99. The molecule has 0 atom stereocenters. The maximum Gasteiger partial charge on any atom is 0.252 e. The van der Waals surface area contributed by atoms with Crippen molar-refractivity contribution in [2.75, 3.05) is 0 Å². The number of hydrogen-bond acceptors (Lipinski definition) is 2. The lowest BCUT2D eigenvalue weighted by Crippen LogP contribution is -1.90. The van der Waals surface area contributed by atoms with Crippen molar-refractivity contribution in [3.63, 3.8) is 0 Å². The van der Waals surface area contributed by atoms with Crippen LogP contribution in [0.4, 0.5) is 0 Å². The highest BCUT2D eigenvalue weighted by molar-refractivity contribution is 6.67. The number of halogens is 1. The van der Waals surface area contributed by atoms with Gasteiger partial charge in [-0.05, 0) is 29.8 Å². The van der Waals surface area contributed by atoms with Crippen molar-refractivity contribution in [1.82, 2.24) is 9.78 Å². The van der Waals surface area contributed by atoms with Gasteiger partial charge in [0.1, 0.15) is 0 Å². The average molecular weight is 195 g/mol. The molecule has 0 bridgehead atoms. The van der Waals surface area contributed by atoms with Crippen LogP contribution in [0.3, 0.4) is 0 Å². The van der Waals surface area contributed by atoms with Crippen LogP contribution in [0.5, 0.6) is 0 Å². The normalized spacial score (nSPS) is 10.6. The first kappa shape index (κ1) is 8.26. The molecule has 0 unspecified atom stereocenters. The fourth-order valence-electron chi connectivity index (χ4n) is 1.29. The van der Waals surface area contributed by atoms with Gasteiger partial charge in [0.2, 0.25) is 0 Å². The Hall–Kier alpha value is -1.35. The molecule has 66 valence electrons. The van der Waals surface area contributed by atoms with Crippen molar-refractivity contribution in [3.8, 4) is 0 Å². The number of carbonyl (C=O) groups excluding carboxylic acids is 1. The highest BCUT2D eigenvalue weighted by Gasteiger charge is 2.04. The van der Waals surface area contributed by atoms with E-state index in [9.17, 15) is 4.79 Å². The van der Waals surface area contributed by atoms with Crippen LogP contribution in [0, 0.1) is 0 Å². The summed E-state index contributed by atoms with van der Waals surface area (Å²) in [6, 6.07) is 5.26. The first-order valence-corrected chi connectivity index (χ1v) is 4.18. The van der Waals surface area contributed by atoms with Gasteiger partial charge in [0.15, 0.2) is 0 Å². The van der Waals surface area contributed by atoms with Gasteiger partial charge in [-0.25, -0.2) is 0 Å². The van der Waals surface area contributed by atoms with E-state index < -0.39 is 5.24 Å². The van der Waals surface area contributed by atoms with E-state index in [1.807, 2.05) is 13.1 Å². The average Bonchev–Trinajstić information content (AvgIpc) is 2.47. The predicted octanol–water partition coefficient (Wildman–Crippen LogP) is 1.95. The zero-order valence-corrected chi connectivity index (χ0v) is 7.75. The Morgan fingerprint density at radius 1 is 1.54 bits per heavy atom. The minimum Gasteiger partial charge on any atom is -0.276 e. The molecule has 0 saturated carbocycles. The summed E-state index contributed by atoms with van der Waals surface area (Å²) in [5.41, 5.74) is 1.49. The molecule has 3 nitrogen and oxygen atoms in total. The van der Waals surface area contributed by atoms with Crippen molar-refractivity contribution >= 4 is 27.7 Å². The second kappa shape index (κ2) is 2.85. The van der Waals surface area contributed by atoms with Crippen LogP contribution < -0.4 is 0 Å². The molecule has 0 radical (unpaired) electrons. The lowest BCUT2D eigenvalue weighted by Gasteiger charge is -1.95. The molecule has 0 amide bonds. The number of rotatable bonds is 1. The summed E-state index contributed by atoms with van der Waals surface area (Å²) in [5, 5.41) is 4.54. The summed E-state index contributed by atoms with van der Waals surface area (Å²) in [5.74, 6) is 0. The van der Waals surface area contributed by atoms with Crippen molar-refractivity contribution < 1.29 is 4.79 Å². The lowest BCUT2D eigenvalue weighted by molar-refractivity contribution is 0.108. The molecule has 4 heteroatoms. The molecule has 1 aromatic carbocycles. The topological polar surface area (TPSA) is 34.9 Å². The van der Waals surface area contributed by atoms with Gasteiger partial charge in [-0.3, -0.25) is 9.48 Å². The highest BCUT2D eigenvalue weighted by Crippen LogP contribution is 2.15. The number of benzene rings is 1. The summed E-state index contributed by atoms with van der Waals surface area (Å²) >= 11 is 5.34. The number of nitrogens with zero attached hydrogens (tertiary/aromatic N) is 2. The van der Waals surface area contributed by atoms with Crippen LogP contribution >= 0.6 is 11.6 Å². The number of hydrogen-bond donors (Lipinski definition) is 0. The van der Waals surface area contributed by atoms with E-state index >= 15 is 0 Å². The molecule has 1 aromatic heterocycles. The molecule has 0 spiro atoms. The van der Waals surface area contributed by atoms with Crippen molar-refractivity contribution in [2.45, 2.75) is 0 Å². The largest absolute Gasteiger partial charge is 0.276 e. The third-order valence-electron chi connectivity index (χ3n) is 1.97. The van der Waals surface area contributed by atoms with Crippen LogP contribution in [0.1, 0.15) is 10.4 Å². The van der Waals surface area contributed by atoms with E-state index in [-0.39, 0.29) is 0 Å². The number of aromatic nitrogens is 2. The number of carbonyl (C=O) groups is 1. The van der Waals surface area contributed by atoms with Crippen LogP contribution in [-0.4, -0.2) is 15.0 Å². The van der Waals surface area contributed by atoms with E-state index in [0.29, 0.717) is 5.56 Å². The van der Waals surface area contributed by atoms with Gasteiger partial charge >= 0.3 is 0 Å². The molecule has 2 aromatic rings. The van der Waals surface area contributed by atoms with E-state index in [4.69, 9.17) is 11.6 Å². The molecule has 0 fully saturated rings. The van der Waals surface area contributed by atoms with Crippen LogP contribution in [0.2, 0.25) is 0 Å². The number of fused-ring (bicyclic) bond motifs is 1. The Morgan fingerprint density at radius 2 is 2.31 bits per heavy atom. The monoisotopic (exact) mass is 194 g/mol. The Labute approximate surface area is 79.9 Å². The first-order valence-electron chi connectivity index (χ1n) is 3.80. The van der Waals surface area contributed by atoms with Gasteiger partial charge < -0.3 is 0 Å². The summed E-state index contributed by atoms with van der Waals surface area (Å²) in [4.78, 5) is 10.8. The van der Waals surface area contributed by atoms with E-state index in [1.54, 1.807) is 23.0 Å². The smallest absolute Gasteiger partial charge is 0.252 e. The quantitative estimate of drug-likeness (QED) is 0.651. The lowest BCUT2D eigenvalue weighted by atomic mass is 10.2. The molecule has 13 heavy (non-hydrogen) atoms. The molecule has 0 N–H and O–H groups in total. The Balaban J connectivity index is 2.70. The third kappa shape index (κ3) is 1.31. The third-order valence-corrected chi connectivity index (χ3v) is 2.19. The summed E-state index contributed by atoms with van der Waals surface area (Å²) in [6.07, 6.45) is 1.71. The van der Waals surface area contributed by atoms with Crippen LogP contribution in [0.15, 0.2) is 24.4 Å². The van der Waals surface area contributed by atoms with Gasteiger partial charge in [0.25, 0.3) is 5.24 Å². The van der Waals surface area contributed by atoms with Gasteiger partial charge in [-0.1, -0.05) is 0 Å². The maximum absolute atomic E-state index is 10.8. The molecular formula is C9H7ClN2O. The molecule has 2 rings (SSSR count). The molecule has 0 saturated heterocycles. The zero-order chi connectivity index (χ0) is 9.42. The summed E-state index contributed by atoms with van der Waals surface area (Å²) in [7, 11) is 1.85. The van der Waals surface area contributed by atoms with Gasteiger partial charge in [-0.2, -0.15) is 5.10 Å². The van der Waals surface area contributed by atoms with Crippen molar-refractivity contribution in [2.24, 2.45) is 7.05 Å². The maximum atomic E-state index is 10.8. The first-order chi connectivity index (χ1) is 6.18. The Kier molecular flexibility index (Phi) is 1.81. The van der Waals surface area contributed by atoms with Crippen LogP contribution in [-0.2, 0) is 7.05 Å². The molecule has 0 aliphatic rings. The van der Waals surface area contributed by atoms with Gasteiger partial charge in [-0.15, -0.1) is 0 Å². The fourth-order valence-corrected chi connectivity index (χ4v) is 1.40. The second-order valence-electron chi connectivity index (χ2n) is 2.82. The second-order valence-corrected chi connectivity index (χ2v) is 3.16.